The van der Waals surface area contributed by atoms with Crippen molar-refractivity contribution in [2.24, 2.45) is 34.5 Å². The van der Waals surface area contributed by atoms with E-state index >= 15 is 0 Å². The van der Waals surface area contributed by atoms with Gasteiger partial charge in [0.2, 0.25) is 0 Å². The van der Waals surface area contributed by atoms with Crippen molar-refractivity contribution in [2.75, 3.05) is 0 Å². The second kappa shape index (κ2) is 9.49. The molecular formula is C28H48O2. The molecule has 0 aromatic heterocycles. The predicted molar refractivity (Wildman–Crippen MR) is 127 cm³/mol. The van der Waals surface area contributed by atoms with E-state index in [1.165, 1.54) is 56.9 Å². The molecule has 6 atom stereocenters. The molecule has 2 heteroatoms. The van der Waals surface area contributed by atoms with Gasteiger partial charge < -0.3 is 10.2 Å². The van der Waals surface area contributed by atoms with Crippen LogP contribution in [0.1, 0.15) is 106 Å². The molecular weight excluding hydrogens is 368 g/mol. The number of allylic oxidation sites excluding steroid dienone is 3. The Morgan fingerprint density at radius 3 is 2.27 bits per heavy atom. The van der Waals surface area contributed by atoms with Crippen molar-refractivity contribution in [3.8, 4) is 0 Å². The van der Waals surface area contributed by atoms with Crippen molar-refractivity contribution in [1.82, 2.24) is 0 Å². The SMILES string of the molecule is CC(C)CCC[C@H](C)C1CCC2/C(=C/C=C3C[C@@H](O)C(C)(C)[C@H](O)C3)CCC[C@@]21C. The first-order chi connectivity index (χ1) is 14.1. The molecule has 0 bridgehead atoms. The van der Waals surface area contributed by atoms with E-state index in [1.807, 2.05) is 13.8 Å². The Morgan fingerprint density at radius 2 is 1.63 bits per heavy atom. The van der Waals surface area contributed by atoms with E-state index < -0.39 is 17.6 Å². The molecule has 0 spiro atoms. The van der Waals surface area contributed by atoms with E-state index in [2.05, 4.69) is 39.8 Å². The van der Waals surface area contributed by atoms with Gasteiger partial charge in [0.25, 0.3) is 0 Å². The molecule has 2 unspecified atom stereocenters. The van der Waals surface area contributed by atoms with Gasteiger partial charge in [0.05, 0.1) is 12.2 Å². The van der Waals surface area contributed by atoms with Crippen LogP contribution in [0.2, 0.25) is 0 Å². The Bertz CT molecular complexity index is 627. The van der Waals surface area contributed by atoms with Crippen molar-refractivity contribution in [1.29, 1.82) is 0 Å². The first-order valence-electron chi connectivity index (χ1n) is 12.8. The van der Waals surface area contributed by atoms with Crippen LogP contribution >= 0.6 is 0 Å². The van der Waals surface area contributed by atoms with Gasteiger partial charge in [-0.1, -0.05) is 84.1 Å². The standard InChI is InChI=1S/C28H48O2/c1-19(2)9-7-10-20(3)23-14-15-24-22(11-8-16-28(23,24)6)13-12-21-17-25(29)27(4,5)26(30)18-21/h12-13,19-20,23-26,29-30H,7-11,14-18H2,1-6H3/b22-13+/t20-,23?,24?,25+,26+,28+/m0/s1. The Kier molecular flexibility index (Phi) is 7.61. The van der Waals surface area contributed by atoms with Gasteiger partial charge in [0, 0.05) is 5.41 Å². The molecule has 0 heterocycles. The molecule has 0 amide bonds. The summed E-state index contributed by atoms with van der Waals surface area (Å²) in [6.07, 6.45) is 15.9. The summed E-state index contributed by atoms with van der Waals surface area (Å²) < 4.78 is 0. The number of hydrogen-bond acceptors (Lipinski definition) is 2. The van der Waals surface area contributed by atoms with Crippen LogP contribution in [-0.2, 0) is 0 Å². The summed E-state index contributed by atoms with van der Waals surface area (Å²) in [5, 5.41) is 21.0. The van der Waals surface area contributed by atoms with Gasteiger partial charge >= 0.3 is 0 Å². The number of aliphatic hydroxyl groups is 2. The summed E-state index contributed by atoms with van der Waals surface area (Å²) in [7, 11) is 0. The van der Waals surface area contributed by atoms with Crippen LogP contribution in [0.3, 0.4) is 0 Å². The third-order valence-corrected chi connectivity index (χ3v) is 9.33. The summed E-state index contributed by atoms with van der Waals surface area (Å²) in [6, 6.07) is 0. The lowest BCUT2D eigenvalue weighted by Crippen LogP contribution is -2.44. The number of hydrogen-bond donors (Lipinski definition) is 2. The van der Waals surface area contributed by atoms with Crippen LogP contribution in [-0.4, -0.2) is 22.4 Å². The lowest BCUT2D eigenvalue weighted by Gasteiger charge is -2.44. The van der Waals surface area contributed by atoms with E-state index in [0.29, 0.717) is 18.3 Å². The number of fused-ring (bicyclic) bond motifs is 1. The third-order valence-electron chi connectivity index (χ3n) is 9.33. The minimum absolute atomic E-state index is 0.404. The zero-order chi connectivity index (χ0) is 22.1. The average Bonchev–Trinajstić information content (AvgIpc) is 3.02. The summed E-state index contributed by atoms with van der Waals surface area (Å²) in [5.74, 6) is 3.26. The highest BCUT2D eigenvalue weighted by molar-refractivity contribution is 5.27. The molecule has 0 aromatic rings. The highest BCUT2D eigenvalue weighted by Gasteiger charge is 2.50. The van der Waals surface area contributed by atoms with E-state index in [4.69, 9.17) is 0 Å². The summed E-state index contributed by atoms with van der Waals surface area (Å²) in [4.78, 5) is 0. The Hall–Kier alpha value is -0.600. The maximum Gasteiger partial charge on any atom is 0.0653 e. The Labute approximate surface area is 186 Å². The first kappa shape index (κ1) is 24.1. The maximum absolute atomic E-state index is 10.5. The fourth-order valence-corrected chi connectivity index (χ4v) is 6.95. The van der Waals surface area contributed by atoms with Gasteiger partial charge in [-0.15, -0.1) is 0 Å². The predicted octanol–water partition coefficient (Wildman–Crippen LogP) is 7.06. The zero-order valence-electron chi connectivity index (χ0n) is 20.6. The molecule has 0 aliphatic heterocycles. The summed E-state index contributed by atoms with van der Waals surface area (Å²) >= 11 is 0. The molecule has 3 saturated carbocycles. The van der Waals surface area contributed by atoms with Crippen molar-refractivity contribution in [2.45, 2.75) is 118 Å². The molecule has 30 heavy (non-hydrogen) atoms. The molecule has 2 N–H and O–H groups in total. The second-order valence-electron chi connectivity index (χ2n) is 12.2. The lowest BCUT2D eigenvalue weighted by atomic mass is 9.60. The highest BCUT2D eigenvalue weighted by atomic mass is 16.3. The Balaban J connectivity index is 1.69. The monoisotopic (exact) mass is 416 g/mol. The maximum atomic E-state index is 10.5. The van der Waals surface area contributed by atoms with Crippen molar-refractivity contribution in [3.63, 3.8) is 0 Å². The van der Waals surface area contributed by atoms with Gasteiger partial charge in [-0.05, 0) is 74.0 Å². The van der Waals surface area contributed by atoms with Crippen LogP contribution in [0.4, 0.5) is 0 Å². The smallest absolute Gasteiger partial charge is 0.0653 e. The van der Waals surface area contributed by atoms with Gasteiger partial charge in [-0.2, -0.15) is 0 Å². The Morgan fingerprint density at radius 1 is 0.967 bits per heavy atom. The molecule has 3 fully saturated rings. The van der Waals surface area contributed by atoms with Crippen LogP contribution in [0.25, 0.3) is 0 Å². The zero-order valence-corrected chi connectivity index (χ0v) is 20.6. The van der Waals surface area contributed by atoms with Crippen molar-refractivity contribution < 1.29 is 10.2 Å². The lowest BCUT2D eigenvalue weighted by molar-refractivity contribution is -0.0627. The quantitative estimate of drug-likeness (QED) is 0.486. The third kappa shape index (κ3) is 4.90. The topological polar surface area (TPSA) is 40.5 Å². The van der Waals surface area contributed by atoms with Gasteiger partial charge in [0.15, 0.2) is 0 Å². The highest BCUT2D eigenvalue weighted by Crippen LogP contribution is 2.60. The van der Waals surface area contributed by atoms with Crippen molar-refractivity contribution in [3.05, 3.63) is 23.3 Å². The van der Waals surface area contributed by atoms with Gasteiger partial charge in [-0.25, -0.2) is 0 Å². The van der Waals surface area contributed by atoms with Crippen LogP contribution < -0.4 is 0 Å². The van der Waals surface area contributed by atoms with Crippen molar-refractivity contribution >= 4 is 0 Å². The minimum Gasteiger partial charge on any atom is -0.392 e. The van der Waals surface area contributed by atoms with Crippen LogP contribution in [0, 0.1) is 34.5 Å². The van der Waals surface area contributed by atoms with E-state index in [9.17, 15) is 10.2 Å². The summed E-state index contributed by atoms with van der Waals surface area (Å²) in [6.45, 7) is 13.7. The fourth-order valence-electron chi connectivity index (χ4n) is 6.95. The van der Waals surface area contributed by atoms with Crippen LogP contribution in [0.15, 0.2) is 23.3 Å². The molecule has 3 aliphatic rings. The largest absolute Gasteiger partial charge is 0.392 e. The van der Waals surface area contributed by atoms with E-state index in [-0.39, 0.29) is 0 Å². The van der Waals surface area contributed by atoms with Gasteiger partial charge in [-0.3, -0.25) is 0 Å². The summed E-state index contributed by atoms with van der Waals surface area (Å²) in [5.41, 5.74) is 2.92. The molecule has 0 aromatic carbocycles. The molecule has 3 aliphatic carbocycles. The van der Waals surface area contributed by atoms with E-state index in [1.54, 1.807) is 5.57 Å². The fraction of sp³-hybridized carbons (Fsp3) is 0.857. The average molecular weight is 417 g/mol. The molecule has 3 rings (SSSR count). The first-order valence-corrected chi connectivity index (χ1v) is 12.8. The molecule has 172 valence electrons. The van der Waals surface area contributed by atoms with Gasteiger partial charge in [0.1, 0.15) is 0 Å². The molecule has 0 radical (unpaired) electrons. The second-order valence-corrected chi connectivity index (χ2v) is 12.2. The van der Waals surface area contributed by atoms with Crippen LogP contribution in [0.5, 0.6) is 0 Å². The van der Waals surface area contributed by atoms with E-state index in [0.717, 1.165) is 23.7 Å². The number of rotatable bonds is 6. The molecule has 0 saturated heterocycles. The minimum atomic E-state index is -0.454. The molecule has 2 nitrogen and oxygen atoms in total. The number of aliphatic hydroxyl groups excluding tert-OH is 2. The normalized spacial score (nSPS) is 38.7.